The summed E-state index contributed by atoms with van der Waals surface area (Å²) >= 11 is 1.44. The molecule has 0 aliphatic rings. The van der Waals surface area contributed by atoms with Crippen LogP contribution in [0.4, 0.5) is 11.6 Å². The average Bonchev–Trinajstić information content (AvgIpc) is 2.31. The van der Waals surface area contributed by atoms with Gasteiger partial charge in [-0.3, -0.25) is 0 Å². The fourth-order valence-electron chi connectivity index (χ4n) is 1.49. The van der Waals surface area contributed by atoms with Crippen molar-refractivity contribution in [1.82, 2.24) is 15.3 Å². The van der Waals surface area contributed by atoms with Gasteiger partial charge in [-0.1, -0.05) is 12.1 Å². The molecule has 0 bridgehead atoms. The van der Waals surface area contributed by atoms with Crippen molar-refractivity contribution < 1.29 is 0 Å². The number of benzene rings is 1. The molecule has 0 amide bonds. The zero-order chi connectivity index (χ0) is 13.0. The first-order chi connectivity index (χ1) is 8.67. The van der Waals surface area contributed by atoms with Crippen molar-refractivity contribution in [3.05, 3.63) is 35.9 Å². The normalized spacial score (nSPS) is 10.5. The van der Waals surface area contributed by atoms with Gasteiger partial charge in [-0.15, -0.1) is 0 Å². The summed E-state index contributed by atoms with van der Waals surface area (Å²) < 4.78 is 0. The monoisotopic (exact) mass is 261 g/mol. The molecule has 94 valence electrons. The Morgan fingerprint density at radius 2 is 1.72 bits per heavy atom. The van der Waals surface area contributed by atoms with Gasteiger partial charge in [0.1, 0.15) is 11.6 Å². The molecule has 0 fully saturated rings. The zero-order valence-electron chi connectivity index (χ0n) is 10.1. The van der Waals surface area contributed by atoms with E-state index in [1.54, 1.807) is 6.07 Å². The lowest BCUT2D eigenvalue weighted by Crippen LogP contribution is -2.04. The van der Waals surface area contributed by atoms with Crippen molar-refractivity contribution in [2.75, 3.05) is 18.5 Å². The molecular weight excluding hydrogens is 246 g/mol. The minimum atomic E-state index is 0.386. The maximum Gasteiger partial charge on any atom is 0.196 e. The number of hydrogen-bond donors (Lipinski definition) is 3. The highest BCUT2D eigenvalue weighted by molar-refractivity contribution is 7.99. The Kier molecular flexibility index (Phi) is 4.01. The van der Waals surface area contributed by atoms with Crippen molar-refractivity contribution in [2.24, 2.45) is 0 Å². The van der Waals surface area contributed by atoms with Gasteiger partial charge in [-0.05, 0) is 36.5 Å². The molecule has 0 radical (unpaired) electrons. The summed E-state index contributed by atoms with van der Waals surface area (Å²) in [4.78, 5) is 9.31. The molecular formula is C12H15N5S. The molecule has 5 N–H and O–H groups in total. The number of nitrogen functional groups attached to an aromatic ring is 2. The molecule has 6 heteroatoms. The van der Waals surface area contributed by atoms with Crippen LogP contribution in [-0.2, 0) is 6.54 Å². The second-order valence-corrected chi connectivity index (χ2v) is 4.82. The number of rotatable bonds is 4. The first-order valence-corrected chi connectivity index (χ1v) is 6.30. The van der Waals surface area contributed by atoms with Crippen LogP contribution in [0, 0.1) is 0 Å². The highest BCUT2D eigenvalue weighted by atomic mass is 32.2. The first kappa shape index (κ1) is 12.7. The summed E-state index contributed by atoms with van der Waals surface area (Å²) in [5.41, 5.74) is 12.5. The van der Waals surface area contributed by atoms with E-state index in [0.717, 1.165) is 11.4 Å². The van der Waals surface area contributed by atoms with Crippen molar-refractivity contribution >= 4 is 23.4 Å². The summed E-state index contributed by atoms with van der Waals surface area (Å²) in [6.07, 6.45) is 0. The van der Waals surface area contributed by atoms with Crippen LogP contribution >= 0.6 is 11.8 Å². The quantitative estimate of drug-likeness (QED) is 0.723. The number of nitrogens with zero attached hydrogens (tertiary/aromatic N) is 2. The van der Waals surface area contributed by atoms with Crippen molar-refractivity contribution in [3.8, 4) is 0 Å². The molecule has 18 heavy (non-hydrogen) atoms. The summed E-state index contributed by atoms with van der Waals surface area (Å²) in [5.74, 6) is 0.772. The Morgan fingerprint density at radius 1 is 1.11 bits per heavy atom. The Hall–Kier alpha value is -1.79. The average molecular weight is 261 g/mol. The predicted molar refractivity (Wildman–Crippen MR) is 74.2 cm³/mol. The lowest BCUT2D eigenvalue weighted by Gasteiger charge is -2.04. The Bertz CT molecular complexity index is 506. The van der Waals surface area contributed by atoms with Crippen LogP contribution in [0.15, 0.2) is 40.4 Å². The van der Waals surface area contributed by atoms with Gasteiger partial charge in [0, 0.05) is 17.5 Å². The van der Waals surface area contributed by atoms with Gasteiger partial charge in [0.25, 0.3) is 0 Å². The van der Waals surface area contributed by atoms with Gasteiger partial charge in [-0.2, -0.15) is 0 Å². The van der Waals surface area contributed by atoms with E-state index in [1.165, 1.54) is 17.3 Å². The number of aromatic nitrogens is 2. The van der Waals surface area contributed by atoms with E-state index in [0.29, 0.717) is 16.8 Å². The molecule has 0 spiro atoms. The molecule has 5 nitrogen and oxygen atoms in total. The molecule has 0 aliphatic heterocycles. The third-order valence-electron chi connectivity index (χ3n) is 2.26. The fraction of sp³-hybridized carbons (Fsp3) is 0.167. The van der Waals surface area contributed by atoms with E-state index < -0.39 is 0 Å². The predicted octanol–water partition coefficient (Wildman–Crippen LogP) is 1.51. The first-order valence-electron chi connectivity index (χ1n) is 5.49. The number of hydrogen-bond acceptors (Lipinski definition) is 6. The van der Waals surface area contributed by atoms with E-state index in [-0.39, 0.29) is 0 Å². The number of nitrogens with two attached hydrogens (primary N) is 2. The van der Waals surface area contributed by atoms with E-state index in [4.69, 9.17) is 11.5 Å². The lowest BCUT2D eigenvalue weighted by molar-refractivity contribution is 0.817. The summed E-state index contributed by atoms with van der Waals surface area (Å²) in [7, 11) is 1.92. The van der Waals surface area contributed by atoms with E-state index in [1.807, 2.05) is 19.2 Å². The molecule has 1 aromatic carbocycles. The molecule has 0 atom stereocenters. The lowest BCUT2D eigenvalue weighted by atomic mass is 10.2. The molecule has 0 saturated heterocycles. The van der Waals surface area contributed by atoms with Crippen LogP contribution in [0.25, 0.3) is 0 Å². The van der Waals surface area contributed by atoms with Gasteiger partial charge in [0.05, 0.1) is 0 Å². The largest absolute Gasteiger partial charge is 0.383 e. The Morgan fingerprint density at radius 3 is 2.28 bits per heavy atom. The third kappa shape index (κ3) is 3.35. The third-order valence-corrected chi connectivity index (χ3v) is 3.13. The van der Waals surface area contributed by atoms with Crippen LogP contribution in [0.2, 0.25) is 0 Å². The second kappa shape index (κ2) is 5.70. The van der Waals surface area contributed by atoms with Gasteiger partial charge in [0.15, 0.2) is 5.16 Å². The smallest absolute Gasteiger partial charge is 0.196 e. The molecule has 0 unspecified atom stereocenters. The maximum absolute atomic E-state index is 5.62. The SMILES string of the molecule is CNCc1ccc(Sc2nc(N)cc(N)n2)cc1. The highest BCUT2D eigenvalue weighted by Gasteiger charge is 2.03. The van der Waals surface area contributed by atoms with E-state index in [9.17, 15) is 0 Å². The summed E-state index contributed by atoms with van der Waals surface area (Å²) in [6, 6.07) is 9.73. The van der Waals surface area contributed by atoms with Gasteiger partial charge in [-0.25, -0.2) is 9.97 Å². The van der Waals surface area contributed by atoms with Crippen molar-refractivity contribution in [1.29, 1.82) is 0 Å². The summed E-state index contributed by atoms with van der Waals surface area (Å²) in [5, 5.41) is 3.67. The molecule has 0 saturated carbocycles. The topological polar surface area (TPSA) is 89.8 Å². The molecule has 1 aromatic heterocycles. The minimum Gasteiger partial charge on any atom is -0.383 e. The van der Waals surface area contributed by atoms with Crippen LogP contribution in [0.3, 0.4) is 0 Å². The van der Waals surface area contributed by atoms with Crippen LogP contribution in [0.5, 0.6) is 0 Å². The molecule has 0 aliphatic carbocycles. The number of anilines is 2. The molecule has 1 heterocycles. The maximum atomic E-state index is 5.62. The Balaban J connectivity index is 2.13. The minimum absolute atomic E-state index is 0.386. The fourth-order valence-corrected chi connectivity index (χ4v) is 2.28. The zero-order valence-corrected chi connectivity index (χ0v) is 10.9. The molecule has 2 aromatic rings. The van der Waals surface area contributed by atoms with Gasteiger partial charge >= 0.3 is 0 Å². The Labute approximate surface area is 110 Å². The number of nitrogens with one attached hydrogen (secondary N) is 1. The second-order valence-electron chi connectivity index (χ2n) is 3.78. The summed E-state index contributed by atoms with van der Waals surface area (Å²) in [6.45, 7) is 0.854. The van der Waals surface area contributed by atoms with E-state index in [2.05, 4.69) is 27.4 Å². The van der Waals surface area contributed by atoms with Crippen molar-refractivity contribution in [2.45, 2.75) is 16.6 Å². The van der Waals surface area contributed by atoms with Crippen LogP contribution in [0.1, 0.15) is 5.56 Å². The standard InChI is InChI=1S/C12H15N5S/c1-15-7-8-2-4-9(5-3-8)18-12-16-10(13)6-11(14)17-12/h2-6,15H,7H2,1H3,(H4,13,14,16,17). The van der Waals surface area contributed by atoms with Gasteiger partial charge in [0.2, 0.25) is 0 Å². The highest BCUT2D eigenvalue weighted by Crippen LogP contribution is 2.26. The van der Waals surface area contributed by atoms with Crippen LogP contribution in [-0.4, -0.2) is 17.0 Å². The molecule has 2 rings (SSSR count). The van der Waals surface area contributed by atoms with Crippen molar-refractivity contribution in [3.63, 3.8) is 0 Å². The van der Waals surface area contributed by atoms with Crippen LogP contribution < -0.4 is 16.8 Å². The van der Waals surface area contributed by atoms with Gasteiger partial charge < -0.3 is 16.8 Å². The van der Waals surface area contributed by atoms with E-state index >= 15 is 0 Å².